The van der Waals surface area contributed by atoms with E-state index in [2.05, 4.69) is 10.1 Å². The molecule has 7 heteroatoms. The molecule has 6 nitrogen and oxygen atoms in total. The molecule has 0 aliphatic carbocycles. The maximum absolute atomic E-state index is 11.3. The third-order valence-corrected chi connectivity index (χ3v) is 2.44. The minimum atomic E-state index is -0.737. The predicted octanol–water partition coefficient (Wildman–Crippen LogP) is 1.23. The number of nitrogens with one attached hydrogen (secondary N) is 1. The molecule has 0 aliphatic heterocycles. The number of rotatable bonds is 6. The fourth-order valence-electron chi connectivity index (χ4n) is 1.37. The lowest BCUT2D eigenvalue weighted by atomic mass is 10.2. The van der Waals surface area contributed by atoms with Crippen LogP contribution in [-0.2, 0) is 20.9 Å². The molecule has 0 fully saturated rings. The topological polar surface area (TPSA) is 90.6 Å². The third kappa shape index (κ3) is 6.96. The molecule has 0 saturated heterocycles. The van der Waals surface area contributed by atoms with Crippen molar-refractivity contribution in [1.29, 1.82) is 0 Å². The summed E-state index contributed by atoms with van der Waals surface area (Å²) in [5, 5.41) is 2.51. The Balaban J connectivity index is 0.00000361. The van der Waals surface area contributed by atoms with Gasteiger partial charge in [-0.15, -0.1) is 12.4 Å². The summed E-state index contributed by atoms with van der Waals surface area (Å²) in [5.41, 5.74) is 6.42. The highest BCUT2D eigenvalue weighted by molar-refractivity contribution is 5.85. The monoisotopic (exact) mass is 302 g/mol. The number of carbonyl (C=O) groups excluding carboxylic acids is 2. The van der Waals surface area contributed by atoms with Gasteiger partial charge < -0.3 is 20.5 Å². The van der Waals surface area contributed by atoms with E-state index in [1.54, 1.807) is 0 Å². The first-order valence-corrected chi connectivity index (χ1v) is 5.91. The van der Waals surface area contributed by atoms with Gasteiger partial charge in [0.1, 0.15) is 12.6 Å². The SMILES string of the molecule is COC(=O)[C@H](N)CCNC(=O)OCc1ccccc1.Cl. The first-order chi connectivity index (χ1) is 9.13. The zero-order valence-corrected chi connectivity index (χ0v) is 12.0. The van der Waals surface area contributed by atoms with Crippen LogP contribution in [0.25, 0.3) is 0 Å². The van der Waals surface area contributed by atoms with Crippen molar-refractivity contribution in [1.82, 2.24) is 5.32 Å². The van der Waals surface area contributed by atoms with Gasteiger partial charge in [-0.05, 0) is 12.0 Å². The van der Waals surface area contributed by atoms with E-state index in [0.29, 0.717) is 6.42 Å². The fourth-order valence-corrected chi connectivity index (χ4v) is 1.37. The zero-order chi connectivity index (χ0) is 14.1. The zero-order valence-electron chi connectivity index (χ0n) is 11.2. The molecule has 1 rings (SSSR count). The van der Waals surface area contributed by atoms with E-state index in [1.165, 1.54) is 7.11 Å². The molecule has 1 aromatic rings. The van der Waals surface area contributed by atoms with Crippen molar-refractivity contribution in [2.45, 2.75) is 19.1 Å². The van der Waals surface area contributed by atoms with Crippen LogP contribution >= 0.6 is 12.4 Å². The summed E-state index contributed by atoms with van der Waals surface area (Å²) >= 11 is 0. The third-order valence-electron chi connectivity index (χ3n) is 2.44. The van der Waals surface area contributed by atoms with Gasteiger partial charge in [0.25, 0.3) is 0 Å². The second kappa shape index (κ2) is 10.1. The Hall–Kier alpha value is -1.79. The Labute approximate surface area is 124 Å². The highest BCUT2D eigenvalue weighted by Crippen LogP contribution is 2.00. The predicted molar refractivity (Wildman–Crippen MR) is 76.5 cm³/mol. The van der Waals surface area contributed by atoms with E-state index >= 15 is 0 Å². The number of halogens is 1. The van der Waals surface area contributed by atoms with Crippen molar-refractivity contribution in [3.05, 3.63) is 35.9 Å². The summed E-state index contributed by atoms with van der Waals surface area (Å²) < 4.78 is 9.46. The molecule has 0 unspecified atom stereocenters. The summed E-state index contributed by atoms with van der Waals surface area (Å²) in [6.07, 6.45) is -0.242. The standard InChI is InChI=1S/C13H18N2O4.ClH/c1-18-12(16)11(14)7-8-15-13(17)19-9-10-5-3-2-4-6-10;/h2-6,11H,7-9,14H2,1H3,(H,15,17);1H/t11-;/m1./s1. The van der Waals surface area contributed by atoms with Crippen molar-refractivity contribution in [2.75, 3.05) is 13.7 Å². The van der Waals surface area contributed by atoms with Gasteiger partial charge in [0.2, 0.25) is 0 Å². The average molecular weight is 303 g/mol. The Morgan fingerprint density at radius 1 is 1.30 bits per heavy atom. The second-order valence-corrected chi connectivity index (χ2v) is 3.91. The molecular weight excluding hydrogens is 284 g/mol. The summed E-state index contributed by atoms with van der Waals surface area (Å²) in [6.45, 7) is 0.458. The first-order valence-electron chi connectivity index (χ1n) is 5.91. The van der Waals surface area contributed by atoms with Crippen LogP contribution in [-0.4, -0.2) is 31.8 Å². The van der Waals surface area contributed by atoms with Gasteiger partial charge in [0, 0.05) is 6.54 Å². The summed E-state index contributed by atoms with van der Waals surface area (Å²) in [5.74, 6) is -0.501. The minimum absolute atomic E-state index is 0. The van der Waals surface area contributed by atoms with Crippen molar-refractivity contribution in [2.24, 2.45) is 5.73 Å². The number of hydrogen-bond donors (Lipinski definition) is 2. The Morgan fingerprint density at radius 3 is 2.55 bits per heavy atom. The van der Waals surface area contributed by atoms with Gasteiger partial charge in [-0.1, -0.05) is 30.3 Å². The fraction of sp³-hybridized carbons (Fsp3) is 0.385. The normalized spacial score (nSPS) is 10.9. The first kappa shape index (κ1) is 18.2. The number of amides is 1. The highest BCUT2D eigenvalue weighted by atomic mass is 35.5. The molecule has 0 aromatic heterocycles. The molecule has 0 heterocycles. The molecule has 1 atom stereocenters. The van der Waals surface area contributed by atoms with Gasteiger partial charge in [-0.25, -0.2) is 4.79 Å². The van der Waals surface area contributed by atoms with Crippen molar-refractivity contribution in [3.8, 4) is 0 Å². The number of hydrogen-bond acceptors (Lipinski definition) is 5. The van der Waals surface area contributed by atoms with E-state index < -0.39 is 18.1 Å². The number of alkyl carbamates (subject to hydrolysis) is 1. The molecular formula is C13H19ClN2O4. The molecule has 20 heavy (non-hydrogen) atoms. The summed E-state index contributed by atoms with van der Waals surface area (Å²) in [6, 6.07) is 8.61. The molecule has 0 spiro atoms. The lowest BCUT2D eigenvalue weighted by Crippen LogP contribution is -2.36. The van der Waals surface area contributed by atoms with Crippen LogP contribution in [0.2, 0.25) is 0 Å². The summed E-state index contributed by atoms with van der Waals surface area (Å²) in [7, 11) is 1.27. The molecule has 112 valence electrons. The minimum Gasteiger partial charge on any atom is -0.468 e. The quantitative estimate of drug-likeness (QED) is 0.771. The number of ether oxygens (including phenoxy) is 2. The van der Waals surface area contributed by atoms with Crippen LogP contribution < -0.4 is 11.1 Å². The van der Waals surface area contributed by atoms with Crippen LogP contribution in [0.3, 0.4) is 0 Å². The van der Waals surface area contributed by atoms with Gasteiger partial charge >= 0.3 is 12.1 Å². The van der Waals surface area contributed by atoms with Gasteiger partial charge in [-0.2, -0.15) is 0 Å². The lowest BCUT2D eigenvalue weighted by molar-refractivity contribution is -0.142. The average Bonchev–Trinajstić information content (AvgIpc) is 2.45. The number of carbonyl (C=O) groups is 2. The molecule has 1 aromatic carbocycles. The van der Waals surface area contributed by atoms with Crippen molar-refractivity contribution < 1.29 is 19.1 Å². The van der Waals surface area contributed by atoms with E-state index in [4.69, 9.17) is 10.5 Å². The number of nitrogens with two attached hydrogens (primary N) is 1. The largest absolute Gasteiger partial charge is 0.468 e. The maximum Gasteiger partial charge on any atom is 0.407 e. The van der Waals surface area contributed by atoms with E-state index in [-0.39, 0.29) is 25.6 Å². The molecule has 3 N–H and O–H groups in total. The van der Waals surface area contributed by atoms with E-state index in [1.807, 2.05) is 30.3 Å². The molecule has 0 aliphatic rings. The van der Waals surface area contributed by atoms with Crippen LogP contribution in [0, 0.1) is 0 Å². The Bertz CT molecular complexity index is 414. The van der Waals surface area contributed by atoms with Gasteiger partial charge in [0.15, 0.2) is 0 Å². The van der Waals surface area contributed by atoms with Crippen LogP contribution in [0.4, 0.5) is 4.79 Å². The van der Waals surface area contributed by atoms with Gasteiger partial charge in [0.05, 0.1) is 7.11 Å². The number of esters is 1. The highest BCUT2D eigenvalue weighted by Gasteiger charge is 2.13. The van der Waals surface area contributed by atoms with Gasteiger partial charge in [-0.3, -0.25) is 4.79 Å². The molecule has 1 amide bonds. The molecule has 0 bridgehead atoms. The number of benzene rings is 1. The molecule has 0 radical (unpaired) electrons. The maximum atomic E-state index is 11.3. The van der Waals surface area contributed by atoms with Crippen molar-refractivity contribution in [3.63, 3.8) is 0 Å². The number of methoxy groups -OCH3 is 1. The lowest BCUT2D eigenvalue weighted by Gasteiger charge is -2.10. The molecule has 0 saturated carbocycles. The van der Waals surface area contributed by atoms with Crippen LogP contribution in [0.15, 0.2) is 30.3 Å². The van der Waals surface area contributed by atoms with Crippen LogP contribution in [0.5, 0.6) is 0 Å². The smallest absolute Gasteiger partial charge is 0.407 e. The Kier molecular flexibility index (Phi) is 9.15. The van der Waals surface area contributed by atoms with E-state index in [0.717, 1.165) is 5.56 Å². The summed E-state index contributed by atoms with van der Waals surface area (Å²) in [4.78, 5) is 22.4. The van der Waals surface area contributed by atoms with Crippen LogP contribution in [0.1, 0.15) is 12.0 Å². The van der Waals surface area contributed by atoms with E-state index in [9.17, 15) is 9.59 Å². The van der Waals surface area contributed by atoms with Crippen molar-refractivity contribution >= 4 is 24.5 Å². The Morgan fingerprint density at radius 2 is 1.95 bits per heavy atom. The second-order valence-electron chi connectivity index (χ2n) is 3.91.